The zero-order valence-electron chi connectivity index (χ0n) is 14.5. The zero-order chi connectivity index (χ0) is 17.7. The number of methoxy groups -OCH3 is 1. The fourth-order valence-electron chi connectivity index (χ4n) is 3.38. The lowest BCUT2D eigenvalue weighted by Crippen LogP contribution is -2.09. The van der Waals surface area contributed by atoms with Crippen molar-refractivity contribution in [2.24, 2.45) is 0 Å². The van der Waals surface area contributed by atoms with E-state index in [1.807, 2.05) is 37.3 Å². The first kappa shape index (κ1) is 15.1. The molecule has 0 saturated heterocycles. The summed E-state index contributed by atoms with van der Waals surface area (Å²) in [6.07, 6.45) is 2.00. The Morgan fingerprint density at radius 1 is 1.04 bits per heavy atom. The molecule has 0 radical (unpaired) electrons. The number of fused-ring (bicyclic) bond motifs is 1. The van der Waals surface area contributed by atoms with Gasteiger partial charge in [-0.05, 0) is 48.7 Å². The maximum absolute atomic E-state index is 5.64. The van der Waals surface area contributed by atoms with Crippen LogP contribution in [0.5, 0.6) is 5.75 Å². The van der Waals surface area contributed by atoms with Gasteiger partial charge >= 0.3 is 0 Å². The largest absolute Gasteiger partial charge is 0.497 e. The molecule has 0 aliphatic heterocycles. The van der Waals surface area contributed by atoms with Gasteiger partial charge in [-0.3, -0.25) is 0 Å². The second-order valence-electron chi connectivity index (χ2n) is 6.65. The van der Waals surface area contributed by atoms with E-state index in [9.17, 15) is 0 Å². The van der Waals surface area contributed by atoms with Gasteiger partial charge in [-0.1, -0.05) is 17.3 Å². The Hall–Kier alpha value is -3.15. The highest BCUT2D eigenvalue weighted by atomic mass is 16.5. The number of rotatable bonds is 4. The van der Waals surface area contributed by atoms with Crippen molar-refractivity contribution >= 4 is 11.1 Å². The summed E-state index contributed by atoms with van der Waals surface area (Å²) in [5, 5.41) is 4.20. The van der Waals surface area contributed by atoms with Crippen molar-refractivity contribution < 1.29 is 13.7 Å². The summed E-state index contributed by atoms with van der Waals surface area (Å²) in [5.74, 6) is 2.71. The first-order chi connectivity index (χ1) is 12.7. The Morgan fingerprint density at radius 2 is 1.85 bits per heavy atom. The zero-order valence-corrected chi connectivity index (χ0v) is 14.5. The molecule has 6 heteroatoms. The Labute approximate surface area is 149 Å². The van der Waals surface area contributed by atoms with Crippen LogP contribution in [-0.2, 0) is 5.41 Å². The van der Waals surface area contributed by atoms with Crippen LogP contribution in [0.15, 0.2) is 51.4 Å². The molecule has 5 rings (SSSR count). The molecule has 4 aromatic rings. The molecule has 1 saturated carbocycles. The minimum Gasteiger partial charge on any atom is -0.497 e. The lowest BCUT2D eigenvalue weighted by molar-refractivity contribution is 0.360. The molecule has 0 bridgehead atoms. The maximum Gasteiger partial charge on any atom is 0.237 e. The van der Waals surface area contributed by atoms with Crippen LogP contribution in [0.1, 0.15) is 30.2 Å². The molecule has 2 aromatic heterocycles. The highest BCUT2D eigenvalue weighted by Crippen LogP contribution is 2.53. The molecule has 130 valence electrons. The SMILES string of the molecule is COc1ccc(C2(c3nc(-c4ccc5oc(C)nc5c4)no3)CC2)cc1. The van der Waals surface area contributed by atoms with Gasteiger partial charge in [-0.2, -0.15) is 4.98 Å². The minimum absolute atomic E-state index is 0.175. The number of hydrogen-bond acceptors (Lipinski definition) is 6. The number of hydrogen-bond donors (Lipinski definition) is 0. The summed E-state index contributed by atoms with van der Waals surface area (Å²) in [7, 11) is 1.67. The van der Waals surface area contributed by atoms with Crippen molar-refractivity contribution in [1.82, 2.24) is 15.1 Å². The Bertz CT molecular complexity index is 1090. The average Bonchev–Trinajstić information content (AvgIpc) is 3.15. The summed E-state index contributed by atoms with van der Waals surface area (Å²) in [6.45, 7) is 1.83. The van der Waals surface area contributed by atoms with E-state index in [1.54, 1.807) is 7.11 Å². The Morgan fingerprint density at radius 3 is 2.58 bits per heavy atom. The predicted octanol–water partition coefficient (Wildman–Crippen LogP) is 4.27. The molecule has 0 N–H and O–H groups in total. The molecule has 0 atom stereocenters. The molecule has 1 fully saturated rings. The molecule has 6 nitrogen and oxygen atoms in total. The second-order valence-corrected chi connectivity index (χ2v) is 6.65. The van der Waals surface area contributed by atoms with E-state index in [1.165, 1.54) is 5.56 Å². The standard InChI is InChI=1S/C20H17N3O3/c1-12-21-16-11-13(3-8-17(16)25-12)18-22-19(26-23-18)20(9-10-20)14-4-6-15(24-2)7-5-14/h3-8,11H,9-10H2,1-2H3. The second kappa shape index (κ2) is 5.42. The van der Waals surface area contributed by atoms with Crippen LogP contribution in [0.2, 0.25) is 0 Å². The Balaban J connectivity index is 1.50. The van der Waals surface area contributed by atoms with Crippen LogP contribution in [0.25, 0.3) is 22.5 Å². The quantitative estimate of drug-likeness (QED) is 0.549. The van der Waals surface area contributed by atoms with Crippen LogP contribution in [0, 0.1) is 6.92 Å². The number of aryl methyl sites for hydroxylation is 1. The molecule has 2 heterocycles. The number of aromatic nitrogens is 3. The summed E-state index contributed by atoms with van der Waals surface area (Å²) in [6, 6.07) is 13.8. The van der Waals surface area contributed by atoms with Crippen LogP contribution in [-0.4, -0.2) is 22.2 Å². The van der Waals surface area contributed by atoms with Gasteiger partial charge in [-0.15, -0.1) is 0 Å². The van der Waals surface area contributed by atoms with Crippen molar-refractivity contribution in [3.8, 4) is 17.1 Å². The van der Waals surface area contributed by atoms with E-state index in [4.69, 9.17) is 13.7 Å². The molecule has 2 aromatic carbocycles. The van der Waals surface area contributed by atoms with Crippen molar-refractivity contribution in [3.63, 3.8) is 0 Å². The van der Waals surface area contributed by atoms with Gasteiger partial charge in [0.25, 0.3) is 0 Å². The lowest BCUT2D eigenvalue weighted by Gasteiger charge is -2.11. The van der Waals surface area contributed by atoms with E-state index in [2.05, 4.69) is 27.3 Å². The molecule has 1 aliphatic rings. The van der Waals surface area contributed by atoms with Gasteiger partial charge in [-0.25, -0.2) is 4.98 Å². The molecule has 26 heavy (non-hydrogen) atoms. The predicted molar refractivity (Wildman–Crippen MR) is 95.0 cm³/mol. The first-order valence-electron chi connectivity index (χ1n) is 8.54. The molecular weight excluding hydrogens is 330 g/mol. The van der Waals surface area contributed by atoms with Crippen molar-refractivity contribution in [1.29, 1.82) is 0 Å². The highest BCUT2D eigenvalue weighted by Gasteiger charge is 2.51. The topological polar surface area (TPSA) is 74.2 Å². The molecule has 0 spiro atoms. The van der Waals surface area contributed by atoms with Gasteiger partial charge < -0.3 is 13.7 Å². The normalized spacial score (nSPS) is 15.3. The van der Waals surface area contributed by atoms with Crippen LogP contribution < -0.4 is 4.74 Å². The lowest BCUT2D eigenvalue weighted by atomic mass is 9.96. The van der Waals surface area contributed by atoms with E-state index < -0.39 is 0 Å². The molecule has 0 unspecified atom stereocenters. The van der Waals surface area contributed by atoms with Crippen molar-refractivity contribution in [3.05, 3.63) is 59.8 Å². The number of benzene rings is 2. The van der Waals surface area contributed by atoms with E-state index in [0.29, 0.717) is 17.6 Å². The minimum atomic E-state index is -0.175. The average molecular weight is 347 g/mol. The first-order valence-corrected chi connectivity index (χ1v) is 8.54. The van der Waals surface area contributed by atoms with E-state index in [0.717, 1.165) is 35.3 Å². The maximum atomic E-state index is 5.64. The van der Waals surface area contributed by atoms with Crippen LogP contribution >= 0.6 is 0 Å². The summed E-state index contributed by atoms with van der Waals surface area (Å²) in [5.41, 5.74) is 3.42. The van der Waals surface area contributed by atoms with Crippen LogP contribution in [0.3, 0.4) is 0 Å². The van der Waals surface area contributed by atoms with E-state index >= 15 is 0 Å². The Kier molecular flexibility index (Phi) is 3.16. The third-order valence-electron chi connectivity index (χ3n) is 4.98. The summed E-state index contributed by atoms with van der Waals surface area (Å²) >= 11 is 0. The fraction of sp³-hybridized carbons (Fsp3) is 0.250. The number of nitrogens with zero attached hydrogens (tertiary/aromatic N) is 3. The molecule has 1 aliphatic carbocycles. The number of oxazole rings is 1. The van der Waals surface area contributed by atoms with Gasteiger partial charge in [0.1, 0.15) is 11.3 Å². The highest BCUT2D eigenvalue weighted by molar-refractivity contribution is 5.78. The molecule has 0 amide bonds. The van der Waals surface area contributed by atoms with Gasteiger partial charge in [0.05, 0.1) is 12.5 Å². The summed E-state index contributed by atoms with van der Waals surface area (Å²) in [4.78, 5) is 9.05. The third-order valence-corrected chi connectivity index (χ3v) is 4.98. The van der Waals surface area contributed by atoms with Gasteiger partial charge in [0.2, 0.25) is 11.7 Å². The van der Waals surface area contributed by atoms with Crippen molar-refractivity contribution in [2.75, 3.05) is 7.11 Å². The van der Waals surface area contributed by atoms with Gasteiger partial charge in [0, 0.05) is 12.5 Å². The third kappa shape index (κ3) is 2.29. The fourth-order valence-corrected chi connectivity index (χ4v) is 3.38. The van der Waals surface area contributed by atoms with E-state index in [-0.39, 0.29) is 5.41 Å². The monoisotopic (exact) mass is 347 g/mol. The summed E-state index contributed by atoms with van der Waals surface area (Å²) < 4.78 is 16.4. The van der Waals surface area contributed by atoms with Crippen molar-refractivity contribution in [2.45, 2.75) is 25.2 Å². The number of ether oxygens (including phenoxy) is 1. The molecular formula is C20H17N3O3. The van der Waals surface area contributed by atoms with Gasteiger partial charge in [0.15, 0.2) is 11.5 Å². The smallest absolute Gasteiger partial charge is 0.237 e. The van der Waals surface area contributed by atoms with Crippen LogP contribution in [0.4, 0.5) is 0 Å².